The largest absolute Gasteiger partial charge is 0.390 e. The highest BCUT2D eigenvalue weighted by atomic mass is 19.4. The van der Waals surface area contributed by atoms with E-state index in [1.165, 1.54) is 12.1 Å². The number of rotatable bonds is 4. The maximum absolute atomic E-state index is 11.8. The first kappa shape index (κ1) is 22.4. The minimum atomic E-state index is -4.27. The molecule has 0 aliphatic carbocycles. The van der Waals surface area contributed by atoms with Crippen LogP contribution in [0.1, 0.15) is 36.2 Å². The van der Waals surface area contributed by atoms with Gasteiger partial charge in [0.2, 0.25) is 0 Å². The number of hydrogen-bond donors (Lipinski definition) is 2. The monoisotopic (exact) mass is 320 g/mol. The first-order valence-corrected chi connectivity index (χ1v) is 6.69. The van der Waals surface area contributed by atoms with E-state index in [1.807, 2.05) is 13.8 Å². The lowest BCUT2D eigenvalue weighted by atomic mass is 10.1. The molecule has 0 spiro atoms. The van der Waals surface area contributed by atoms with Crippen molar-refractivity contribution in [1.29, 1.82) is 5.41 Å². The molecule has 0 fully saturated rings. The highest BCUT2D eigenvalue weighted by Gasteiger charge is 2.26. The summed E-state index contributed by atoms with van der Waals surface area (Å²) in [6, 6.07) is 6.02. The molecular formula is C15H23F3N2O2. The van der Waals surface area contributed by atoms with Crippen LogP contribution in [0.5, 0.6) is 0 Å². The Bertz CT molecular complexity index is 418. The smallest absolute Gasteiger partial charge is 0.388 e. The van der Waals surface area contributed by atoms with Crippen LogP contribution in [0.2, 0.25) is 0 Å². The molecule has 4 nitrogen and oxygen atoms in total. The fourth-order valence-corrected chi connectivity index (χ4v) is 1.15. The number of alkyl halides is 3. The van der Waals surface area contributed by atoms with E-state index in [2.05, 4.69) is 10.1 Å². The van der Waals surface area contributed by atoms with Crippen molar-refractivity contribution in [2.24, 2.45) is 0 Å². The number of methoxy groups -OCH3 is 1. The van der Waals surface area contributed by atoms with E-state index in [-0.39, 0.29) is 5.56 Å². The van der Waals surface area contributed by atoms with E-state index in [9.17, 15) is 18.0 Å². The minimum absolute atomic E-state index is 0.276. The summed E-state index contributed by atoms with van der Waals surface area (Å²) in [4.78, 5) is 11.4. The van der Waals surface area contributed by atoms with Crippen molar-refractivity contribution in [3.63, 3.8) is 0 Å². The molecule has 0 radical (unpaired) electrons. The van der Waals surface area contributed by atoms with Crippen LogP contribution in [0.15, 0.2) is 24.3 Å². The summed E-state index contributed by atoms with van der Waals surface area (Å²) >= 11 is 0. The first-order valence-electron chi connectivity index (χ1n) is 6.69. The number of ether oxygens (including phenoxy) is 1. The van der Waals surface area contributed by atoms with Gasteiger partial charge in [-0.1, -0.05) is 26.0 Å². The quantitative estimate of drug-likeness (QED) is 0.832. The van der Waals surface area contributed by atoms with Gasteiger partial charge in [-0.3, -0.25) is 4.79 Å². The molecular weight excluding hydrogens is 297 g/mol. The van der Waals surface area contributed by atoms with Gasteiger partial charge in [0, 0.05) is 32.5 Å². The second kappa shape index (κ2) is 12.8. The number of carbonyl (C=O) groups excluding carboxylic acids is 1. The van der Waals surface area contributed by atoms with Crippen molar-refractivity contribution in [2.45, 2.75) is 26.4 Å². The van der Waals surface area contributed by atoms with Gasteiger partial charge in [0.1, 0.15) is 0 Å². The van der Waals surface area contributed by atoms with Gasteiger partial charge >= 0.3 is 6.18 Å². The van der Waals surface area contributed by atoms with Crippen LogP contribution in [0.4, 0.5) is 13.2 Å². The molecule has 2 N–H and O–H groups in total. The van der Waals surface area contributed by atoms with E-state index < -0.39 is 25.0 Å². The van der Waals surface area contributed by atoms with Crippen LogP contribution in [0.3, 0.4) is 0 Å². The SMILES string of the molecule is CC.COC.N=Cc1ccc(C(=O)NCCC(F)(F)F)cc1. The molecule has 0 saturated heterocycles. The standard InChI is InChI=1S/C11H11F3N2O.C2H6O.C2H6/c12-11(13,14)5-6-16-10(17)9-3-1-8(7-15)2-4-9;1-3-2;1-2/h1-4,7,15H,5-6H2,(H,16,17);1-2H3;1-2H3. The maximum atomic E-state index is 11.8. The molecule has 0 aromatic heterocycles. The summed E-state index contributed by atoms with van der Waals surface area (Å²) < 4.78 is 39.7. The summed E-state index contributed by atoms with van der Waals surface area (Å²) in [5.41, 5.74) is 0.898. The number of carbonyl (C=O) groups is 1. The van der Waals surface area contributed by atoms with Gasteiger partial charge in [0.15, 0.2) is 0 Å². The molecule has 0 aliphatic rings. The lowest BCUT2D eigenvalue weighted by molar-refractivity contribution is -0.132. The maximum Gasteiger partial charge on any atom is 0.390 e. The predicted molar refractivity (Wildman–Crippen MR) is 81.6 cm³/mol. The highest BCUT2D eigenvalue weighted by molar-refractivity contribution is 5.94. The molecule has 22 heavy (non-hydrogen) atoms. The Morgan fingerprint density at radius 3 is 2.05 bits per heavy atom. The molecule has 1 aromatic carbocycles. The Morgan fingerprint density at radius 2 is 1.68 bits per heavy atom. The zero-order valence-corrected chi connectivity index (χ0v) is 13.3. The highest BCUT2D eigenvalue weighted by Crippen LogP contribution is 2.18. The lowest BCUT2D eigenvalue weighted by Crippen LogP contribution is -2.27. The van der Waals surface area contributed by atoms with Crippen LogP contribution < -0.4 is 5.32 Å². The van der Waals surface area contributed by atoms with Gasteiger partial charge in [-0.2, -0.15) is 13.2 Å². The minimum Gasteiger partial charge on any atom is -0.388 e. The van der Waals surface area contributed by atoms with Crippen molar-refractivity contribution in [3.05, 3.63) is 35.4 Å². The van der Waals surface area contributed by atoms with Gasteiger partial charge in [-0.25, -0.2) is 0 Å². The molecule has 7 heteroatoms. The van der Waals surface area contributed by atoms with Gasteiger partial charge < -0.3 is 15.5 Å². The van der Waals surface area contributed by atoms with Crippen LogP contribution in [0.25, 0.3) is 0 Å². The van der Waals surface area contributed by atoms with Crippen molar-refractivity contribution < 1.29 is 22.7 Å². The van der Waals surface area contributed by atoms with Gasteiger partial charge in [0.25, 0.3) is 5.91 Å². The van der Waals surface area contributed by atoms with E-state index in [0.29, 0.717) is 5.56 Å². The summed E-state index contributed by atoms with van der Waals surface area (Å²) in [5.74, 6) is -0.550. The average molecular weight is 320 g/mol. The zero-order chi connectivity index (χ0) is 17.6. The lowest BCUT2D eigenvalue weighted by Gasteiger charge is -2.07. The summed E-state index contributed by atoms with van der Waals surface area (Å²) in [6.45, 7) is 3.56. The topological polar surface area (TPSA) is 62.2 Å². The third-order valence-corrected chi connectivity index (χ3v) is 2.03. The van der Waals surface area contributed by atoms with Crippen molar-refractivity contribution in [1.82, 2.24) is 5.32 Å². The number of benzene rings is 1. The number of halogens is 3. The van der Waals surface area contributed by atoms with Crippen LogP contribution >= 0.6 is 0 Å². The van der Waals surface area contributed by atoms with Crippen LogP contribution in [-0.4, -0.2) is 39.1 Å². The molecule has 0 unspecified atom stereocenters. The molecule has 0 bridgehead atoms. The number of amides is 1. The normalized spacial score (nSPS) is 9.59. The molecule has 126 valence electrons. The summed E-state index contributed by atoms with van der Waals surface area (Å²) in [6.07, 6.45) is -4.19. The van der Waals surface area contributed by atoms with Crippen LogP contribution in [-0.2, 0) is 4.74 Å². The third-order valence-electron chi connectivity index (χ3n) is 2.03. The first-order chi connectivity index (χ1) is 10.3. The van der Waals surface area contributed by atoms with Gasteiger partial charge in [-0.05, 0) is 17.7 Å². The number of hydrogen-bond acceptors (Lipinski definition) is 3. The Morgan fingerprint density at radius 1 is 1.23 bits per heavy atom. The second-order valence-electron chi connectivity index (χ2n) is 3.80. The van der Waals surface area contributed by atoms with E-state index >= 15 is 0 Å². The fraction of sp³-hybridized carbons (Fsp3) is 0.467. The predicted octanol–water partition coefficient (Wildman–Crippen LogP) is 3.66. The molecule has 1 aromatic rings. The van der Waals surface area contributed by atoms with E-state index in [1.54, 1.807) is 26.4 Å². The molecule has 0 aliphatic heterocycles. The Labute approximate surface area is 129 Å². The average Bonchev–Trinajstić information content (AvgIpc) is 2.49. The van der Waals surface area contributed by atoms with E-state index in [4.69, 9.17) is 5.41 Å². The second-order valence-corrected chi connectivity index (χ2v) is 3.80. The van der Waals surface area contributed by atoms with E-state index in [0.717, 1.165) is 6.21 Å². The summed E-state index contributed by atoms with van der Waals surface area (Å²) in [5, 5.41) is 9.13. The molecule has 0 heterocycles. The van der Waals surface area contributed by atoms with Gasteiger partial charge in [-0.15, -0.1) is 0 Å². The Balaban J connectivity index is 0. The van der Waals surface area contributed by atoms with Crippen molar-refractivity contribution >= 4 is 12.1 Å². The van der Waals surface area contributed by atoms with Gasteiger partial charge in [0.05, 0.1) is 6.42 Å². The Hall–Kier alpha value is -1.89. The molecule has 1 rings (SSSR count). The van der Waals surface area contributed by atoms with Crippen LogP contribution in [0, 0.1) is 5.41 Å². The van der Waals surface area contributed by atoms with Crippen molar-refractivity contribution in [3.8, 4) is 0 Å². The molecule has 0 atom stereocenters. The molecule has 1 amide bonds. The summed E-state index contributed by atoms with van der Waals surface area (Å²) in [7, 11) is 3.25. The molecule has 0 saturated carbocycles. The zero-order valence-electron chi connectivity index (χ0n) is 13.3. The Kier molecular flexibility index (Phi) is 13.0. The van der Waals surface area contributed by atoms with Crippen molar-refractivity contribution in [2.75, 3.05) is 20.8 Å². The third kappa shape index (κ3) is 11.9. The number of nitrogens with one attached hydrogen (secondary N) is 2. The fourth-order valence-electron chi connectivity index (χ4n) is 1.15.